The highest BCUT2D eigenvalue weighted by atomic mass is 35.5. The summed E-state index contributed by atoms with van der Waals surface area (Å²) in [5.41, 5.74) is 0.759. The van der Waals surface area contributed by atoms with Gasteiger partial charge >= 0.3 is 0 Å². The first kappa shape index (κ1) is 13.3. The zero-order valence-electron chi connectivity index (χ0n) is 9.82. The minimum Gasteiger partial charge on any atom is -0.493 e. The van der Waals surface area contributed by atoms with E-state index in [1.807, 2.05) is 0 Å². The van der Waals surface area contributed by atoms with Gasteiger partial charge in [-0.3, -0.25) is 4.68 Å². The van der Waals surface area contributed by atoms with E-state index < -0.39 is 6.10 Å². The maximum Gasteiger partial charge on any atom is 0.162 e. The van der Waals surface area contributed by atoms with E-state index in [4.69, 9.17) is 16.3 Å². The zero-order chi connectivity index (χ0) is 12.0. The lowest BCUT2D eigenvalue weighted by Gasteiger charge is -2.14. The Kier molecular flexibility index (Phi) is 5.63. The smallest absolute Gasteiger partial charge is 0.162 e. The second-order valence-corrected chi connectivity index (χ2v) is 4.05. The van der Waals surface area contributed by atoms with E-state index in [-0.39, 0.29) is 0 Å². The van der Waals surface area contributed by atoms with Gasteiger partial charge in [-0.15, -0.1) is 11.6 Å². The number of aryl methyl sites for hydroxylation is 1. The number of aromatic nitrogens is 2. The zero-order valence-corrected chi connectivity index (χ0v) is 10.6. The lowest BCUT2D eigenvalue weighted by Crippen LogP contribution is -2.10. The van der Waals surface area contributed by atoms with Crippen molar-refractivity contribution in [3.05, 3.63) is 11.9 Å². The summed E-state index contributed by atoms with van der Waals surface area (Å²) in [7, 11) is 1.59. The fourth-order valence-electron chi connectivity index (χ4n) is 1.67. The number of aliphatic hydroxyl groups excluding tert-OH is 1. The fourth-order valence-corrected chi connectivity index (χ4v) is 1.82. The number of alkyl halides is 1. The average molecular weight is 247 g/mol. The summed E-state index contributed by atoms with van der Waals surface area (Å²) in [6.07, 6.45) is 3.48. The molecule has 1 heterocycles. The van der Waals surface area contributed by atoms with E-state index in [1.165, 1.54) is 0 Å². The summed E-state index contributed by atoms with van der Waals surface area (Å²) in [6.45, 7) is 2.86. The number of halogens is 1. The third kappa shape index (κ3) is 3.12. The van der Waals surface area contributed by atoms with Crippen LogP contribution < -0.4 is 4.74 Å². The Labute approximate surface area is 101 Å². The summed E-state index contributed by atoms with van der Waals surface area (Å²) >= 11 is 5.62. The molecule has 0 aliphatic carbocycles. The highest BCUT2D eigenvalue weighted by molar-refractivity contribution is 6.17. The summed E-state index contributed by atoms with van der Waals surface area (Å²) in [6, 6.07) is 0. The lowest BCUT2D eigenvalue weighted by atomic mass is 10.1. The van der Waals surface area contributed by atoms with Gasteiger partial charge in [0, 0.05) is 12.4 Å². The van der Waals surface area contributed by atoms with E-state index in [9.17, 15) is 5.11 Å². The van der Waals surface area contributed by atoms with Crippen LogP contribution in [0.3, 0.4) is 0 Å². The van der Waals surface area contributed by atoms with Gasteiger partial charge in [0.15, 0.2) is 5.75 Å². The minimum absolute atomic E-state index is 0.553. The number of rotatable bonds is 7. The predicted octanol–water partition coefficient (Wildman–Crippen LogP) is 2.35. The number of aliphatic hydroxyl groups is 1. The Morgan fingerprint density at radius 2 is 2.38 bits per heavy atom. The molecule has 1 aromatic rings. The Morgan fingerprint density at radius 3 is 2.94 bits per heavy atom. The van der Waals surface area contributed by atoms with Gasteiger partial charge in [0.2, 0.25) is 0 Å². The molecule has 4 nitrogen and oxygen atoms in total. The van der Waals surface area contributed by atoms with Gasteiger partial charge in [0.1, 0.15) is 5.69 Å². The summed E-state index contributed by atoms with van der Waals surface area (Å²) < 4.78 is 7.00. The SMILES string of the molecule is CCCn1ncc(OC)c1C(O)CCCCl. The number of methoxy groups -OCH3 is 1. The molecule has 0 aromatic carbocycles. The average Bonchev–Trinajstić information content (AvgIpc) is 2.69. The van der Waals surface area contributed by atoms with Crippen LogP contribution >= 0.6 is 11.6 Å². The third-order valence-corrected chi connectivity index (χ3v) is 2.69. The van der Waals surface area contributed by atoms with Crippen molar-refractivity contribution < 1.29 is 9.84 Å². The van der Waals surface area contributed by atoms with Gasteiger partial charge in [-0.25, -0.2) is 0 Å². The first-order valence-electron chi connectivity index (χ1n) is 5.58. The highest BCUT2D eigenvalue weighted by Crippen LogP contribution is 2.28. The molecule has 0 spiro atoms. The monoisotopic (exact) mass is 246 g/mol. The molecule has 0 aliphatic heterocycles. The highest BCUT2D eigenvalue weighted by Gasteiger charge is 2.19. The van der Waals surface area contributed by atoms with Crippen LogP contribution in [0.5, 0.6) is 5.75 Å². The molecule has 0 saturated heterocycles. The Hall–Kier alpha value is -0.740. The molecular weight excluding hydrogens is 228 g/mol. The van der Waals surface area contributed by atoms with Crippen molar-refractivity contribution in [3.8, 4) is 5.75 Å². The van der Waals surface area contributed by atoms with Crippen molar-refractivity contribution in [3.63, 3.8) is 0 Å². The van der Waals surface area contributed by atoms with Crippen LogP contribution in [0.1, 0.15) is 38.0 Å². The van der Waals surface area contributed by atoms with Crippen molar-refractivity contribution in [1.29, 1.82) is 0 Å². The third-order valence-electron chi connectivity index (χ3n) is 2.43. The number of hydrogen-bond acceptors (Lipinski definition) is 3. The number of hydrogen-bond donors (Lipinski definition) is 1. The second kappa shape index (κ2) is 6.76. The molecule has 0 fully saturated rings. The van der Waals surface area contributed by atoms with E-state index in [0.717, 1.165) is 25.1 Å². The molecule has 0 amide bonds. The van der Waals surface area contributed by atoms with Crippen LogP contribution in [0.15, 0.2) is 6.20 Å². The van der Waals surface area contributed by atoms with Crippen LogP contribution in [0, 0.1) is 0 Å². The van der Waals surface area contributed by atoms with Gasteiger partial charge in [0.05, 0.1) is 19.4 Å². The maximum absolute atomic E-state index is 10.1. The van der Waals surface area contributed by atoms with Crippen molar-refractivity contribution in [2.45, 2.75) is 38.8 Å². The van der Waals surface area contributed by atoms with E-state index >= 15 is 0 Å². The molecule has 1 unspecified atom stereocenters. The van der Waals surface area contributed by atoms with Crippen molar-refractivity contribution >= 4 is 11.6 Å². The van der Waals surface area contributed by atoms with Crippen LogP contribution in [0.4, 0.5) is 0 Å². The van der Waals surface area contributed by atoms with E-state index in [0.29, 0.717) is 18.1 Å². The van der Waals surface area contributed by atoms with Crippen molar-refractivity contribution in [2.24, 2.45) is 0 Å². The van der Waals surface area contributed by atoms with Gasteiger partial charge < -0.3 is 9.84 Å². The fraction of sp³-hybridized carbons (Fsp3) is 0.727. The first-order chi connectivity index (χ1) is 7.74. The van der Waals surface area contributed by atoms with Crippen molar-refractivity contribution in [1.82, 2.24) is 9.78 Å². The Bertz CT molecular complexity index is 315. The van der Waals surface area contributed by atoms with Crippen molar-refractivity contribution in [2.75, 3.05) is 13.0 Å². The van der Waals surface area contributed by atoms with Crippen LogP contribution in [0.2, 0.25) is 0 Å². The topological polar surface area (TPSA) is 47.3 Å². The van der Waals surface area contributed by atoms with E-state index in [2.05, 4.69) is 12.0 Å². The van der Waals surface area contributed by atoms with Gasteiger partial charge in [-0.05, 0) is 19.3 Å². The van der Waals surface area contributed by atoms with Crippen LogP contribution in [0.25, 0.3) is 0 Å². The lowest BCUT2D eigenvalue weighted by molar-refractivity contribution is 0.151. The molecule has 92 valence electrons. The first-order valence-corrected chi connectivity index (χ1v) is 6.11. The standard InChI is InChI=1S/C11H19ClN2O2/c1-3-7-14-11(9(15)5-4-6-12)10(16-2)8-13-14/h8-9,15H,3-7H2,1-2H3. The Balaban J connectivity index is 2.84. The van der Waals surface area contributed by atoms with E-state index in [1.54, 1.807) is 18.0 Å². The molecule has 16 heavy (non-hydrogen) atoms. The molecule has 0 saturated carbocycles. The van der Waals surface area contributed by atoms with Crippen LogP contribution in [-0.4, -0.2) is 27.9 Å². The van der Waals surface area contributed by atoms with Crippen LogP contribution in [-0.2, 0) is 6.54 Å². The Morgan fingerprint density at radius 1 is 1.62 bits per heavy atom. The predicted molar refractivity (Wildman–Crippen MR) is 64.0 cm³/mol. The maximum atomic E-state index is 10.1. The van der Waals surface area contributed by atoms with Gasteiger partial charge in [-0.1, -0.05) is 6.92 Å². The molecule has 0 bridgehead atoms. The summed E-state index contributed by atoms with van der Waals surface area (Å²) in [5.74, 6) is 1.21. The summed E-state index contributed by atoms with van der Waals surface area (Å²) in [4.78, 5) is 0. The number of ether oxygens (including phenoxy) is 1. The van der Waals surface area contributed by atoms with Gasteiger partial charge in [-0.2, -0.15) is 5.10 Å². The molecule has 0 aliphatic rings. The quantitative estimate of drug-likeness (QED) is 0.752. The second-order valence-electron chi connectivity index (χ2n) is 3.67. The molecule has 1 N–H and O–H groups in total. The number of nitrogens with zero attached hydrogens (tertiary/aromatic N) is 2. The molecule has 1 atom stereocenters. The van der Waals surface area contributed by atoms with Gasteiger partial charge in [0.25, 0.3) is 0 Å². The molecule has 0 radical (unpaired) electrons. The molecule has 1 rings (SSSR count). The molecular formula is C11H19ClN2O2. The molecule has 1 aromatic heterocycles. The normalized spacial score (nSPS) is 12.8. The molecule has 5 heteroatoms. The summed E-state index contributed by atoms with van der Waals surface area (Å²) in [5, 5.41) is 14.3. The minimum atomic E-state index is -0.553. The largest absolute Gasteiger partial charge is 0.493 e.